The van der Waals surface area contributed by atoms with E-state index < -0.39 is 22.1 Å². The largest absolute Gasteiger partial charge is 0.450 e. The van der Waals surface area contributed by atoms with E-state index in [4.69, 9.17) is 4.74 Å². The van der Waals surface area contributed by atoms with Crippen molar-refractivity contribution in [3.63, 3.8) is 0 Å². The fourth-order valence-corrected chi connectivity index (χ4v) is 3.51. The van der Waals surface area contributed by atoms with Crippen LogP contribution in [-0.2, 0) is 14.8 Å². The molecule has 1 N–H and O–H groups in total. The highest BCUT2D eigenvalue weighted by Crippen LogP contribution is 2.20. The number of thiazole rings is 1. The van der Waals surface area contributed by atoms with E-state index in [9.17, 15) is 18.0 Å². The molecular weight excluding hydrogens is 364 g/mol. The van der Waals surface area contributed by atoms with Gasteiger partial charge in [-0.15, -0.1) is 11.3 Å². The summed E-state index contributed by atoms with van der Waals surface area (Å²) in [7, 11) is -3.38. The molecule has 0 saturated carbocycles. The first-order valence-electron chi connectivity index (χ1n) is 7.34. The predicted octanol–water partition coefficient (Wildman–Crippen LogP) is 2.56. The molecule has 1 heterocycles. The zero-order valence-corrected chi connectivity index (χ0v) is 15.8. The highest BCUT2D eigenvalue weighted by molar-refractivity contribution is 7.92. The molecule has 134 valence electrons. The SMILES string of the molecule is Cc1nc(C)c(C(=O)OC(C)C(=O)c2ccc(NS(C)(=O)=O)cc2)s1. The number of ether oxygens (including phenoxy) is 1. The number of aromatic nitrogens is 1. The average Bonchev–Trinajstić information content (AvgIpc) is 2.84. The number of aryl methyl sites for hydroxylation is 2. The van der Waals surface area contributed by atoms with E-state index in [0.29, 0.717) is 21.8 Å². The van der Waals surface area contributed by atoms with Crippen LogP contribution in [0, 0.1) is 13.8 Å². The lowest BCUT2D eigenvalue weighted by Gasteiger charge is -2.12. The zero-order valence-electron chi connectivity index (χ0n) is 14.2. The summed E-state index contributed by atoms with van der Waals surface area (Å²) in [5.74, 6) is -0.961. The molecule has 0 aliphatic heterocycles. The van der Waals surface area contributed by atoms with Crippen LogP contribution < -0.4 is 4.72 Å². The van der Waals surface area contributed by atoms with E-state index in [0.717, 1.165) is 11.3 Å². The van der Waals surface area contributed by atoms with Crippen LogP contribution in [0.5, 0.6) is 0 Å². The first kappa shape index (κ1) is 19.1. The van der Waals surface area contributed by atoms with Gasteiger partial charge in [-0.3, -0.25) is 9.52 Å². The number of rotatable bonds is 6. The molecule has 0 spiro atoms. The standard InChI is InChI=1S/C16H18N2O5S2/c1-9-15(24-11(3)17-9)16(20)23-10(2)14(19)12-5-7-13(8-6-12)18-25(4,21)22/h5-8,10,18H,1-4H3. The maximum Gasteiger partial charge on any atom is 0.350 e. The van der Waals surface area contributed by atoms with Crippen LogP contribution in [-0.4, -0.2) is 37.5 Å². The number of hydrogen-bond acceptors (Lipinski definition) is 7. The normalized spacial score (nSPS) is 12.5. The molecule has 0 aliphatic rings. The number of sulfonamides is 1. The van der Waals surface area contributed by atoms with Gasteiger partial charge < -0.3 is 4.74 Å². The summed E-state index contributed by atoms with van der Waals surface area (Å²) in [6, 6.07) is 5.89. The first-order valence-corrected chi connectivity index (χ1v) is 10.0. The number of carbonyl (C=O) groups excluding carboxylic acids is 2. The molecule has 7 nitrogen and oxygen atoms in total. The molecule has 0 bridgehead atoms. The Bertz CT molecular complexity index is 901. The highest BCUT2D eigenvalue weighted by Gasteiger charge is 2.23. The quantitative estimate of drug-likeness (QED) is 0.608. The van der Waals surface area contributed by atoms with Crippen molar-refractivity contribution in [3.8, 4) is 0 Å². The topological polar surface area (TPSA) is 102 Å². The third-order valence-electron chi connectivity index (χ3n) is 3.21. The van der Waals surface area contributed by atoms with Crippen LogP contribution in [0.2, 0.25) is 0 Å². The molecule has 2 aromatic rings. The zero-order chi connectivity index (χ0) is 18.8. The lowest BCUT2D eigenvalue weighted by Crippen LogP contribution is -2.24. The molecule has 0 amide bonds. The number of esters is 1. The summed E-state index contributed by atoms with van der Waals surface area (Å²) in [6.07, 6.45) is 0.0690. The molecule has 0 radical (unpaired) electrons. The van der Waals surface area contributed by atoms with Crippen LogP contribution in [0.1, 0.15) is 37.7 Å². The fourth-order valence-electron chi connectivity index (χ4n) is 2.14. The molecule has 1 atom stereocenters. The van der Waals surface area contributed by atoms with Crippen LogP contribution in [0.4, 0.5) is 5.69 Å². The molecule has 25 heavy (non-hydrogen) atoms. The molecule has 0 saturated heterocycles. The molecule has 1 aromatic carbocycles. The minimum atomic E-state index is -3.38. The third-order valence-corrected chi connectivity index (χ3v) is 4.87. The lowest BCUT2D eigenvalue weighted by atomic mass is 10.1. The monoisotopic (exact) mass is 382 g/mol. The van der Waals surface area contributed by atoms with Gasteiger partial charge in [0.2, 0.25) is 15.8 Å². The van der Waals surface area contributed by atoms with E-state index in [1.165, 1.54) is 42.5 Å². The smallest absolute Gasteiger partial charge is 0.350 e. The molecule has 0 aliphatic carbocycles. The molecule has 0 fully saturated rings. The Labute approximate surface area is 150 Å². The van der Waals surface area contributed by atoms with Crippen molar-refractivity contribution >= 4 is 38.8 Å². The van der Waals surface area contributed by atoms with Gasteiger partial charge in [-0.1, -0.05) is 0 Å². The Kier molecular flexibility index (Phi) is 5.58. The van der Waals surface area contributed by atoms with Crippen molar-refractivity contribution in [2.75, 3.05) is 11.0 Å². The van der Waals surface area contributed by atoms with E-state index in [1.807, 2.05) is 0 Å². The minimum absolute atomic E-state index is 0.316. The van der Waals surface area contributed by atoms with Crippen molar-refractivity contribution < 1.29 is 22.7 Å². The second kappa shape index (κ2) is 7.32. The Morgan fingerprint density at radius 2 is 1.80 bits per heavy atom. The Balaban J connectivity index is 2.06. The van der Waals surface area contributed by atoms with E-state index in [1.54, 1.807) is 13.8 Å². The van der Waals surface area contributed by atoms with Gasteiger partial charge in [0.25, 0.3) is 0 Å². The number of nitrogens with zero attached hydrogens (tertiary/aromatic N) is 1. The lowest BCUT2D eigenvalue weighted by molar-refractivity contribution is 0.0322. The van der Waals surface area contributed by atoms with E-state index in [2.05, 4.69) is 9.71 Å². The summed E-state index contributed by atoms with van der Waals surface area (Å²) < 4.78 is 29.9. The summed E-state index contributed by atoms with van der Waals surface area (Å²) >= 11 is 1.22. The minimum Gasteiger partial charge on any atom is -0.450 e. The molecule has 1 unspecified atom stereocenters. The van der Waals surface area contributed by atoms with Crippen molar-refractivity contribution in [1.29, 1.82) is 0 Å². The van der Waals surface area contributed by atoms with Crippen molar-refractivity contribution in [2.45, 2.75) is 26.9 Å². The molecule has 1 aromatic heterocycles. The van der Waals surface area contributed by atoms with Gasteiger partial charge in [0, 0.05) is 11.3 Å². The third kappa shape index (κ3) is 5.10. The average molecular weight is 382 g/mol. The number of carbonyl (C=O) groups is 2. The second-order valence-electron chi connectivity index (χ2n) is 5.51. The fraction of sp³-hybridized carbons (Fsp3) is 0.312. The Morgan fingerprint density at radius 3 is 2.28 bits per heavy atom. The highest BCUT2D eigenvalue weighted by atomic mass is 32.2. The van der Waals surface area contributed by atoms with Gasteiger partial charge in [0.05, 0.1) is 17.0 Å². The maximum absolute atomic E-state index is 12.4. The van der Waals surface area contributed by atoms with Crippen LogP contribution in [0.3, 0.4) is 0 Å². The number of Topliss-reactive ketones (excluding diaryl/α,β-unsaturated/α-hetero) is 1. The summed E-state index contributed by atoms with van der Waals surface area (Å²) in [5, 5.41) is 0.748. The van der Waals surface area contributed by atoms with Crippen LogP contribution in [0.15, 0.2) is 24.3 Å². The first-order chi connectivity index (χ1) is 11.6. The maximum atomic E-state index is 12.4. The van der Waals surface area contributed by atoms with Crippen LogP contribution in [0.25, 0.3) is 0 Å². The Hall–Kier alpha value is -2.26. The van der Waals surface area contributed by atoms with Crippen molar-refractivity contribution in [3.05, 3.63) is 45.4 Å². The van der Waals surface area contributed by atoms with Crippen LogP contribution >= 0.6 is 11.3 Å². The van der Waals surface area contributed by atoms with Gasteiger partial charge in [-0.2, -0.15) is 0 Å². The summed E-state index contributed by atoms with van der Waals surface area (Å²) in [6.45, 7) is 4.99. The molecule has 9 heteroatoms. The van der Waals surface area contributed by atoms with Gasteiger partial charge in [0.1, 0.15) is 4.88 Å². The van der Waals surface area contributed by atoms with Gasteiger partial charge >= 0.3 is 5.97 Å². The van der Waals surface area contributed by atoms with E-state index >= 15 is 0 Å². The molecular formula is C16H18N2O5S2. The van der Waals surface area contributed by atoms with Gasteiger partial charge in [-0.05, 0) is 45.0 Å². The van der Waals surface area contributed by atoms with Crippen molar-refractivity contribution in [2.24, 2.45) is 0 Å². The number of nitrogens with one attached hydrogen (secondary N) is 1. The number of benzene rings is 1. The number of hydrogen-bond donors (Lipinski definition) is 1. The summed E-state index contributed by atoms with van der Waals surface area (Å²) in [4.78, 5) is 29.1. The van der Waals surface area contributed by atoms with Gasteiger partial charge in [-0.25, -0.2) is 18.2 Å². The number of ketones is 1. The van der Waals surface area contributed by atoms with Gasteiger partial charge in [0.15, 0.2) is 6.10 Å². The molecule has 2 rings (SSSR count). The summed E-state index contributed by atoms with van der Waals surface area (Å²) in [5.41, 5.74) is 1.24. The Morgan fingerprint density at radius 1 is 1.20 bits per heavy atom. The second-order valence-corrected chi connectivity index (χ2v) is 8.46. The predicted molar refractivity (Wildman–Crippen MR) is 95.7 cm³/mol. The van der Waals surface area contributed by atoms with E-state index in [-0.39, 0.29) is 5.78 Å². The van der Waals surface area contributed by atoms with Crippen molar-refractivity contribution in [1.82, 2.24) is 4.98 Å². The number of anilines is 1.